The zero-order chi connectivity index (χ0) is 19.3. The second kappa shape index (κ2) is 21.1. The molecule has 4 heteroatoms. The SMILES string of the molecule is CCCCCCCCCCCCCCC(COCC(COC)OC)OC. The minimum Gasteiger partial charge on any atom is -0.382 e. The Kier molecular flexibility index (Phi) is 21.0. The summed E-state index contributed by atoms with van der Waals surface area (Å²) < 4.78 is 21.6. The first-order valence-electron chi connectivity index (χ1n) is 10.9. The lowest BCUT2D eigenvalue weighted by molar-refractivity contribution is -0.0572. The topological polar surface area (TPSA) is 36.9 Å². The lowest BCUT2D eigenvalue weighted by atomic mass is 10.0. The van der Waals surface area contributed by atoms with Crippen LogP contribution in [0.2, 0.25) is 0 Å². The highest BCUT2D eigenvalue weighted by molar-refractivity contribution is 4.60. The molecule has 0 fully saturated rings. The number of hydrogen-bond donors (Lipinski definition) is 0. The Hall–Kier alpha value is -0.160. The van der Waals surface area contributed by atoms with Crippen molar-refractivity contribution in [3.8, 4) is 0 Å². The molecule has 0 radical (unpaired) electrons. The van der Waals surface area contributed by atoms with Gasteiger partial charge in [-0.2, -0.15) is 0 Å². The first kappa shape index (κ1) is 25.8. The quantitative estimate of drug-likeness (QED) is 0.239. The monoisotopic (exact) mass is 374 g/mol. The third-order valence-electron chi connectivity index (χ3n) is 5.01. The maximum Gasteiger partial charge on any atom is 0.104 e. The second-order valence-corrected chi connectivity index (χ2v) is 7.39. The van der Waals surface area contributed by atoms with Crippen molar-refractivity contribution in [2.24, 2.45) is 0 Å². The van der Waals surface area contributed by atoms with Crippen molar-refractivity contribution >= 4 is 0 Å². The highest BCUT2D eigenvalue weighted by atomic mass is 16.6. The number of methoxy groups -OCH3 is 3. The van der Waals surface area contributed by atoms with Crippen LogP contribution in [0.15, 0.2) is 0 Å². The minimum atomic E-state index is 0.00384. The van der Waals surface area contributed by atoms with Crippen molar-refractivity contribution < 1.29 is 18.9 Å². The molecule has 0 heterocycles. The van der Waals surface area contributed by atoms with E-state index in [4.69, 9.17) is 18.9 Å². The van der Waals surface area contributed by atoms with Gasteiger partial charge in [0.25, 0.3) is 0 Å². The molecule has 0 saturated heterocycles. The van der Waals surface area contributed by atoms with E-state index in [0.29, 0.717) is 19.8 Å². The van der Waals surface area contributed by atoms with E-state index in [-0.39, 0.29) is 12.2 Å². The van der Waals surface area contributed by atoms with Gasteiger partial charge in [0.2, 0.25) is 0 Å². The molecule has 0 aliphatic rings. The van der Waals surface area contributed by atoms with Crippen molar-refractivity contribution in [1.29, 1.82) is 0 Å². The van der Waals surface area contributed by atoms with E-state index in [9.17, 15) is 0 Å². The summed E-state index contributed by atoms with van der Waals surface area (Å²) in [4.78, 5) is 0. The lowest BCUT2D eigenvalue weighted by Crippen LogP contribution is -2.27. The summed E-state index contributed by atoms with van der Waals surface area (Å²) in [6, 6.07) is 0. The van der Waals surface area contributed by atoms with Crippen molar-refractivity contribution in [3.63, 3.8) is 0 Å². The number of rotatable bonds is 21. The minimum absolute atomic E-state index is 0.00384. The molecule has 0 saturated carbocycles. The Morgan fingerprint density at radius 1 is 0.538 bits per heavy atom. The fourth-order valence-corrected chi connectivity index (χ4v) is 3.18. The molecule has 0 aromatic carbocycles. The summed E-state index contributed by atoms with van der Waals surface area (Å²) in [6.07, 6.45) is 17.9. The van der Waals surface area contributed by atoms with Gasteiger partial charge in [0, 0.05) is 21.3 Å². The average Bonchev–Trinajstić information content (AvgIpc) is 2.66. The highest BCUT2D eigenvalue weighted by Gasteiger charge is 2.11. The van der Waals surface area contributed by atoms with Crippen molar-refractivity contribution in [1.82, 2.24) is 0 Å². The molecule has 0 bridgehead atoms. The molecule has 0 spiro atoms. The first-order chi connectivity index (χ1) is 12.8. The van der Waals surface area contributed by atoms with Gasteiger partial charge < -0.3 is 18.9 Å². The van der Waals surface area contributed by atoms with E-state index in [1.807, 2.05) is 0 Å². The van der Waals surface area contributed by atoms with Crippen LogP contribution in [0.1, 0.15) is 90.4 Å². The Labute approximate surface area is 163 Å². The van der Waals surface area contributed by atoms with E-state index in [0.717, 1.165) is 6.42 Å². The maximum absolute atomic E-state index is 5.72. The Morgan fingerprint density at radius 3 is 1.46 bits per heavy atom. The summed E-state index contributed by atoms with van der Waals surface area (Å²) in [6.45, 7) is 4.04. The summed E-state index contributed by atoms with van der Waals surface area (Å²) in [7, 11) is 5.14. The molecule has 0 aliphatic heterocycles. The first-order valence-corrected chi connectivity index (χ1v) is 10.9. The maximum atomic E-state index is 5.72. The van der Waals surface area contributed by atoms with E-state index in [2.05, 4.69) is 6.92 Å². The van der Waals surface area contributed by atoms with Crippen LogP contribution in [-0.2, 0) is 18.9 Å². The number of hydrogen-bond acceptors (Lipinski definition) is 4. The molecule has 0 aromatic heterocycles. The van der Waals surface area contributed by atoms with Crippen LogP contribution in [0.5, 0.6) is 0 Å². The zero-order valence-corrected chi connectivity index (χ0v) is 18.1. The van der Waals surface area contributed by atoms with Crippen LogP contribution in [0.3, 0.4) is 0 Å². The van der Waals surface area contributed by atoms with Gasteiger partial charge in [-0.05, 0) is 6.42 Å². The molecule has 0 rings (SSSR count). The average molecular weight is 375 g/mol. The second-order valence-electron chi connectivity index (χ2n) is 7.39. The molecule has 0 N–H and O–H groups in total. The van der Waals surface area contributed by atoms with Crippen LogP contribution >= 0.6 is 0 Å². The normalized spacial score (nSPS) is 13.8. The summed E-state index contributed by atoms with van der Waals surface area (Å²) >= 11 is 0. The molecular formula is C22H46O4. The molecule has 0 aromatic rings. The largest absolute Gasteiger partial charge is 0.382 e. The zero-order valence-electron chi connectivity index (χ0n) is 18.1. The molecule has 158 valence electrons. The fraction of sp³-hybridized carbons (Fsp3) is 1.00. The summed E-state index contributed by atoms with van der Waals surface area (Å²) in [5, 5.41) is 0. The predicted molar refractivity (Wildman–Crippen MR) is 110 cm³/mol. The molecule has 2 atom stereocenters. The number of ether oxygens (including phenoxy) is 4. The fourth-order valence-electron chi connectivity index (χ4n) is 3.18. The Balaban J connectivity index is 3.40. The predicted octanol–water partition coefficient (Wildman–Crippen LogP) is 5.77. The van der Waals surface area contributed by atoms with Gasteiger partial charge in [0.1, 0.15) is 6.10 Å². The van der Waals surface area contributed by atoms with Gasteiger partial charge in [0.05, 0.1) is 25.9 Å². The molecule has 0 amide bonds. The van der Waals surface area contributed by atoms with Crippen molar-refractivity contribution in [2.45, 2.75) is 103 Å². The van der Waals surface area contributed by atoms with Crippen molar-refractivity contribution in [3.05, 3.63) is 0 Å². The van der Waals surface area contributed by atoms with E-state index >= 15 is 0 Å². The number of unbranched alkanes of at least 4 members (excludes halogenated alkanes) is 11. The molecule has 4 nitrogen and oxygen atoms in total. The van der Waals surface area contributed by atoms with Gasteiger partial charge >= 0.3 is 0 Å². The molecule has 0 aliphatic carbocycles. The van der Waals surface area contributed by atoms with Crippen LogP contribution in [0.25, 0.3) is 0 Å². The van der Waals surface area contributed by atoms with Crippen molar-refractivity contribution in [2.75, 3.05) is 41.2 Å². The van der Waals surface area contributed by atoms with Gasteiger partial charge in [-0.15, -0.1) is 0 Å². The van der Waals surface area contributed by atoms with Crippen LogP contribution in [0, 0.1) is 0 Å². The molecular weight excluding hydrogens is 328 g/mol. The van der Waals surface area contributed by atoms with Gasteiger partial charge in [0.15, 0.2) is 0 Å². The van der Waals surface area contributed by atoms with Crippen LogP contribution in [0.4, 0.5) is 0 Å². The van der Waals surface area contributed by atoms with E-state index in [1.54, 1.807) is 21.3 Å². The summed E-state index contributed by atoms with van der Waals surface area (Å²) in [5.41, 5.74) is 0. The van der Waals surface area contributed by atoms with Crippen LogP contribution in [-0.4, -0.2) is 53.4 Å². The van der Waals surface area contributed by atoms with Crippen LogP contribution < -0.4 is 0 Å². The smallest absolute Gasteiger partial charge is 0.104 e. The van der Waals surface area contributed by atoms with Gasteiger partial charge in [-0.3, -0.25) is 0 Å². The Morgan fingerprint density at radius 2 is 1.00 bits per heavy atom. The third-order valence-corrected chi connectivity index (χ3v) is 5.01. The lowest BCUT2D eigenvalue weighted by Gasteiger charge is -2.18. The third kappa shape index (κ3) is 17.3. The highest BCUT2D eigenvalue weighted by Crippen LogP contribution is 2.13. The van der Waals surface area contributed by atoms with E-state index in [1.165, 1.54) is 77.0 Å². The summed E-state index contributed by atoms with van der Waals surface area (Å²) in [5.74, 6) is 0. The standard InChI is InChI=1S/C22H46O4/c1-5-6-7-8-9-10-11-12-13-14-15-16-17-21(24-3)19-26-20-22(25-4)18-23-2/h21-22H,5-20H2,1-4H3. The Bertz CT molecular complexity index is 261. The molecule has 2 unspecified atom stereocenters. The molecule has 26 heavy (non-hydrogen) atoms. The van der Waals surface area contributed by atoms with E-state index < -0.39 is 0 Å². The van der Waals surface area contributed by atoms with Gasteiger partial charge in [-0.1, -0.05) is 84.0 Å². The van der Waals surface area contributed by atoms with Gasteiger partial charge in [-0.25, -0.2) is 0 Å².